The van der Waals surface area contributed by atoms with Crippen LogP contribution < -0.4 is 14.8 Å². The van der Waals surface area contributed by atoms with Gasteiger partial charge in [0.15, 0.2) is 0 Å². The van der Waals surface area contributed by atoms with Crippen molar-refractivity contribution in [3.05, 3.63) is 72.2 Å². The third-order valence-corrected chi connectivity index (χ3v) is 5.12. The van der Waals surface area contributed by atoms with Crippen molar-refractivity contribution in [2.24, 2.45) is 5.10 Å². The number of anilines is 2. The predicted octanol–water partition coefficient (Wildman–Crippen LogP) is 4.27. The number of nitrogens with zero attached hydrogens (tertiary/aromatic N) is 5. The van der Waals surface area contributed by atoms with Gasteiger partial charge in [-0.15, -0.1) is 5.12 Å². The van der Waals surface area contributed by atoms with Gasteiger partial charge in [0.05, 0.1) is 5.69 Å². The molecular weight excluding hydrogens is 318 g/mol. The quantitative estimate of drug-likeness (QED) is 0.670. The van der Waals surface area contributed by atoms with Crippen LogP contribution in [-0.4, -0.2) is 17.9 Å². The fraction of sp³-hybridized carbons (Fsp3) is 0.111. The highest BCUT2D eigenvalue weighted by atomic mass is 32.1. The Morgan fingerprint density at radius 3 is 2.12 bits per heavy atom. The lowest BCUT2D eigenvalue weighted by molar-refractivity contribution is 0.461. The molecule has 0 saturated carbocycles. The molecule has 6 heteroatoms. The Balaban J connectivity index is 1.90. The van der Waals surface area contributed by atoms with Gasteiger partial charge in [0.2, 0.25) is 0 Å². The van der Waals surface area contributed by atoms with Crippen LogP contribution in [0, 0.1) is 0 Å². The molecule has 1 aliphatic heterocycles. The van der Waals surface area contributed by atoms with Gasteiger partial charge in [-0.2, -0.15) is 4.98 Å². The monoisotopic (exact) mass is 336 g/mol. The molecule has 1 aromatic heterocycles. The molecule has 1 unspecified atom stereocenters. The second kappa shape index (κ2) is 5.74. The van der Waals surface area contributed by atoms with Crippen LogP contribution in [0.1, 0.15) is 6.92 Å². The number of hydrogen-bond donors (Lipinski definition) is 0. The summed E-state index contributed by atoms with van der Waals surface area (Å²) >= 11 is 1.63. The van der Waals surface area contributed by atoms with E-state index in [9.17, 15) is 0 Å². The van der Waals surface area contributed by atoms with E-state index in [1.807, 2.05) is 60.0 Å². The third-order valence-electron chi connectivity index (χ3n) is 4.19. The minimum Gasteiger partial charge on any atom is -0.191 e. The van der Waals surface area contributed by atoms with Gasteiger partial charge >= 0.3 is 5.13 Å². The van der Waals surface area contributed by atoms with Crippen molar-refractivity contribution in [2.75, 3.05) is 17.3 Å². The lowest BCUT2D eigenvalue weighted by Crippen LogP contribution is -2.62. The fourth-order valence-electron chi connectivity index (χ4n) is 2.85. The molecule has 3 aromatic rings. The van der Waals surface area contributed by atoms with E-state index in [-0.39, 0.29) is 0 Å². The highest BCUT2D eigenvalue weighted by molar-refractivity contribution is 7.13. The van der Waals surface area contributed by atoms with E-state index in [1.54, 1.807) is 11.3 Å². The molecule has 0 amide bonds. The first-order valence-electron chi connectivity index (χ1n) is 7.74. The average Bonchev–Trinajstić information content (AvgIpc) is 3.25. The van der Waals surface area contributed by atoms with E-state index < -0.39 is 0 Å². The van der Waals surface area contributed by atoms with E-state index in [1.165, 1.54) is 0 Å². The molecule has 0 spiro atoms. The number of thiazole rings is 1. The number of benzene rings is 2. The normalized spacial score (nSPS) is 20.3. The van der Waals surface area contributed by atoms with Crippen molar-refractivity contribution in [3.8, 4) is 0 Å². The number of quaternary nitrogens is 1. The maximum Gasteiger partial charge on any atom is 0.318 e. The summed E-state index contributed by atoms with van der Waals surface area (Å²) < 4.78 is 0.399. The Bertz CT molecular complexity index is 848. The summed E-state index contributed by atoms with van der Waals surface area (Å²) in [5, 5.41) is 11.9. The minimum atomic E-state index is 0.399. The molecule has 2 heterocycles. The van der Waals surface area contributed by atoms with Crippen molar-refractivity contribution < 1.29 is 0 Å². The zero-order chi connectivity index (χ0) is 16.6. The Kier molecular flexibility index (Phi) is 3.55. The summed E-state index contributed by atoms with van der Waals surface area (Å²) in [5.41, 5.74) is 2.07. The largest absolute Gasteiger partial charge is 0.318 e. The number of para-hydroxylation sites is 2. The zero-order valence-electron chi connectivity index (χ0n) is 13.6. The highest BCUT2D eigenvalue weighted by Gasteiger charge is 2.49. The molecule has 1 aliphatic rings. The Morgan fingerprint density at radius 1 is 0.917 bits per heavy atom. The molecule has 0 N–H and O–H groups in total. The van der Waals surface area contributed by atoms with Gasteiger partial charge in [-0.3, -0.25) is 0 Å². The van der Waals surface area contributed by atoms with Crippen molar-refractivity contribution in [1.82, 2.24) is 9.58 Å². The number of rotatable bonds is 3. The number of hydrazine groups is 1. The topological polar surface area (TPSA) is 31.7 Å². The van der Waals surface area contributed by atoms with Gasteiger partial charge in [0.1, 0.15) is 12.7 Å². The number of amidine groups is 1. The molecule has 120 valence electrons. The molecule has 2 aromatic carbocycles. The fourth-order valence-corrected chi connectivity index (χ4v) is 3.63. The molecule has 0 saturated heterocycles. The second-order valence-electron chi connectivity index (χ2n) is 5.67. The average molecular weight is 336 g/mol. The molecule has 24 heavy (non-hydrogen) atoms. The second-order valence-corrected chi connectivity index (χ2v) is 6.54. The molecule has 4 rings (SSSR count). The smallest absolute Gasteiger partial charge is 0.191 e. The Morgan fingerprint density at radius 2 is 1.54 bits per heavy atom. The summed E-state index contributed by atoms with van der Waals surface area (Å²) in [6, 6.07) is 20.5. The van der Waals surface area contributed by atoms with Gasteiger partial charge in [0, 0.05) is 18.5 Å². The van der Waals surface area contributed by atoms with Crippen LogP contribution in [0.4, 0.5) is 16.5 Å². The Hall–Kier alpha value is -2.70. The maximum absolute atomic E-state index is 4.84. The molecule has 0 fully saturated rings. The molecule has 0 radical (unpaired) electrons. The third kappa shape index (κ3) is 2.19. The van der Waals surface area contributed by atoms with Crippen LogP contribution in [0.5, 0.6) is 0 Å². The Labute approximate surface area is 145 Å². The summed E-state index contributed by atoms with van der Waals surface area (Å²) in [6.45, 7) is 2.04. The van der Waals surface area contributed by atoms with Gasteiger partial charge < -0.3 is 0 Å². The molecule has 0 aliphatic carbocycles. The molecular formula is C18H18N5S+. The van der Waals surface area contributed by atoms with E-state index in [2.05, 4.69) is 41.4 Å². The van der Waals surface area contributed by atoms with Gasteiger partial charge in [-0.25, -0.2) is 0 Å². The summed E-state index contributed by atoms with van der Waals surface area (Å²) in [5.74, 6) is 0.956. The minimum absolute atomic E-state index is 0.399. The number of hydrazone groups is 1. The van der Waals surface area contributed by atoms with Crippen LogP contribution in [0.3, 0.4) is 0 Å². The van der Waals surface area contributed by atoms with Crippen LogP contribution in [-0.2, 0) is 0 Å². The van der Waals surface area contributed by atoms with Gasteiger partial charge in [-0.1, -0.05) is 62.5 Å². The zero-order valence-corrected chi connectivity index (χ0v) is 14.4. The van der Waals surface area contributed by atoms with Crippen molar-refractivity contribution in [1.29, 1.82) is 0 Å². The first-order valence-corrected chi connectivity index (χ1v) is 8.62. The van der Waals surface area contributed by atoms with Crippen LogP contribution in [0.2, 0.25) is 0 Å². The number of aromatic nitrogens is 1. The van der Waals surface area contributed by atoms with E-state index >= 15 is 0 Å². The van der Waals surface area contributed by atoms with E-state index in [4.69, 9.17) is 5.10 Å². The summed E-state index contributed by atoms with van der Waals surface area (Å²) in [7, 11) is 2.12. The first-order chi connectivity index (χ1) is 11.7. The standard InChI is InChI=1S/C18H18N5S/c1-15-20-21(16-9-5-3-6-10-16)22(17-11-7-4-8-12-17)23(15,2)18-19-13-14-24-18/h3-14H,1-2H3/q+1. The highest BCUT2D eigenvalue weighted by Crippen LogP contribution is 2.38. The first kappa shape index (κ1) is 14.9. The van der Waals surface area contributed by atoms with Gasteiger partial charge in [-0.05, 0) is 24.3 Å². The lowest BCUT2D eigenvalue weighted by Gasteiger charge is -2.37. The van der Waals surface area contributed by atoms with Crippen LogP contribution in [0.15, 0.2) is 77.3 Å². The maximum atomic E-state index is 4.84. The molecule has 1 atom stereocenters. The van der Waals surface area contributed by atoms with Crippen molar-refractivity contribution >= 4 is 33.7 Å². The SMILES string of the molecule is CC1=NN(c2ccccc2)N(c2ccccc2)[N+]1(C)c1nccs1. The summed E-state index contributed by atoms with van der Waals surface area (Å²) in [6.07, 6.45) is 1.84. The lowest BCUT2D eigenvalue weighted by atomic mass is 10.3. The van der Waals surface area contributed by atoms with Crippen LogP contribution in [0.25, 0.3) is 0 Å². The van der Waals surface area contributed by atoms with Gasteiger partial charge in [0.25, 0.3) is 5.84 Å². The van der Waals surface area contributed by atoms with Crippen molar-refractivity contribution in [3.63, 3.8) is 0 Å². The van der Waals surface area contributed by atoms with E-state index in [0.29, 0.717) is 4.59 Å². The van der Waals surface area contributed by atoms with Crippen molar-refractivity contribution in [2.45, 2.75) is 6.92 Å². The molecule has 0 bridgehead atoms. The van der Waals surface area contributed by atoms with E-state index in [0.717, 1.165) is 22.3 Å². The van der Waals surface area contributed by atoms with Crippen LogP contribution >= 0.6 is 11.3 Å². The summed E-state index contributed by atoms with van der Waals surface area (Å²) in [4.78, 5) is 4.57. The molecule has 5 nitrogen and oxygen atoms in total. The predicted molar refractivity (Wildman–Crippen MR) is 101 cm³/mol. The number of hydrogen-bond acceptors (Lipinski definition) is 5.